The van der Waals surface area contributed by atoms with Gasteiger partial charge in [0.05, 0.1) is 6.10 Å². The summed E-state index contributed by atoms with van der Waals surface area (Å²) in [5, 5.41) is 3.70. The number of rotatable bonds is 2. The van der Waals surface area contributed by atoms with E-state index < -0.39 is 0 Å². The molecule has 3 heteroatoms. The van der Waals surface area contributed by atoms with E-state index in [0.717, 1.165) is 18.0 Å². The maximum atomic E-state index is 5.47. The van der Waals surface area contributed by atoms with Crippen molar-refractivity contribution in [2.24, 2.45) is 5.92 Å². The van der Waals surface area contributed by atoms with Crippen molar-refractivity contribution in [2.45, 2.75) is 56.7 Å². The third kappa shape index (κ3) is 2.51. The van der Waals surface area contributed by atoms with Crippen LogP contribution in [0.3, 0.4) is 0 Å². The van der Waals surface area contributed by atoms with Crippen molar-refractivity contribution in [3.63, 3.8) is 0 Å². The molecule has 3 rings (SSSR count). The fourth-order valence-electron chi connectivity index (χ4n) is 4.02. The predicted molar refractivity (Wildman–Crippen MR) is 69.1 cm³/mol. The van der Waals surface area contributed by atoms with Crippen molar-refractivity contribution in [3.8, 4) is 0 Å². The van der Waals surface area contributed by atoms with Gasteiger partial charge in [-0.1, -0.05) is 0 Å². The first-order valence-corrected chi connectivity index (χ1v) is 7.37. The first-order chi connectivity index (χ1) is 8.36. The monoisotopic (exact) mass is 238 g/mol. The lowest BCUT2D eigenvalue weighted by atomic mass is 9.92. The van der Waals surface area contributed by atoms with Gasteiger partial charge in [0, 0.05) is 32.3 Å². The number of nitrogens with zero attached hydrogens (tertiary/aromatic N) is 1. The highest BCUT2D eigenvalue weighted by atomic mass is 16.5. The second-order valence-corrected chi connectivity index (χ2v) is 6.08. The number of hydrogen-bond donors (Lipinski definition) is 1. The molecule has 1 N–H and O–H groups in total. The van der Waals surface area contributed by atoms with Crippen molar-refractivity contribution < 1.29 is 4.74 Å². The normalized spacial score (nSPS) is 43.6. The number of fused-ring (bicyclic) bond motifs is 1. The standard InChI is InChI=1S/C14H26N2O/c1-17-13-6-4-12(5-7-13)16-9-11-3-2-8-15-14(11)10-16/h11-15H,2-10H2,1H3. The third-order valence-corrected chi connectivity index (χ3v) is 5.12. The van der Waals surface area contributed by atoms with Crippen LogP contribution in [0.5, 0.6) is 0 Å². The van der Waals surface area contributed by atoms with Crippen LogP contribution >= 0.6 is 0 Å². The van der Waals surface area contributed by atoms with Gasteiger partial charge in [-0.15, -0.1) is 0 Å². The topological polar surface area (TPSA) is 24.5 Å². The van der Waals surface area contributed by atoms with Crippen LogP contribution in [0.4, 0.5) is 0 Å². The van der Waals surface area contributed by atoms with E-state index in [1.165, 1.54) is 58.2 Å². The lowest BCUT2D eigenvalue weighted by Crippen LogP contribution is -2.42. The Bertz CT molecular complexity index is 237. The van der Waals surface area contributed by atoms with Crippen molar-refractivity contribution in [3.05, 3.63) is 0 Å². The molecule has 0 spiro atoms. The summed E-state index contributed by atoms with van der Waals surface area (Å²) in [7, 11) is 1.86. The maximum Gasteiger partial charge on any atom is 0.0572 e. The molecule has 3 aliphatic rings. The largest absolute Gasteiger partial charge is 0.381 e. The average molecular weight is 238 g/mol. The molecule has 1 saturated carbocycles. The summed E-state index contributed by atoms with van der Waals surface area (Å²) < 4.78 is 5.47. The number of likely N-dealkylation sites (tertiary alicyclic amines) is 1. The molecule has 2 aliphatic heterocycles. The number of ether oxygens (including phenoxy) is 1. The second kappa shape index (κ2) is 5.25. The Morgan fingerprint density at radius 2 is 1.88 bits per heavy atom. The van der Waals surface area contributed by atoms with Crippen molar-refractivity contribution in [1.29, 1.82) is 0 Å². The smallest absolute Gasteiger partial charge is 0.0572 e. The molecule has 2 saturated heterocycles. The summed E-state index contributed by atoms with van der Waals surface area (Å²) >= 11 is 0. The van der Waals surface area contributed by atoms with E-state index in [1.54, 1.807) is 0 Å². The fraction of sp³-hybridized carbons (Fsp3) is 1.00. The molecule has 2 heterocycles. The molecule has 98 valence electrons. The summed E-state index contributed by atoms with van der Waals surface area (Å²) in [6, 6.07) is 1.64. The minimum Gasteiger partial charge on any atom is -0.381 e. The molecular formula is C14H26N2O. The lowest BCUT2D eigenvalue weighted by molar-refractivity contribution is 0.0428. The Balaban J connectivity index is 1.52. The maximum absolute atomic E-state index is 5.47. The molecule has 0 aromatic carbocycles. The van der Waals surface area contributed by atoms with E-state index in [1.807, 2.05) is 7.11 Å². The van der Waals surface area contributed by atoms with Crippen LogP contribution in [0, 0.1) is 5.92 Å². The van der Waals surface area contributed by atoms with Gasteiger partial charge in [-0.25, -0.2) is 0 Å². The lowest BCUT2D eigenvalue weighted by Gasteiger charge is -2.34. The molecule has 0 aromatic rings. The first kappa shape index (κ1) is 11.9. The van der Waals surface area contributed by atoms with Gasteiger partial charge in [0.1, 0.15) is 0 Å². The molecule has 0 bridgehead atoms. The predicted octanol–water partition coefficient (Wildman–Crippen LogP) is 1.63. The minimum absolute atomic E-state index is 0.536. The van der Waals surface area contributed by atoms with Crippen LogP contribution in [0.2, 0.25) is 0 Å². The average Bonchev–Trinajstić information content (AvgIpc) is 2.82. The zero-order valence-corrected chi connectivity index (χ0v) is 11.0. The third-order valence-electron chi connectivity index (χ3n) is 5.12. The van der Waals surface area contributed by atoms with Crippen LogP contribution in [0.1, 0.15) is 38.5 Å². The van der Waals surface area contributed by atoms with Crippen LogP contribution < -0.4 is 5.32 Å². The SMILES string of the molecule is COC1CCC(N2CC3CCCNC3C2)CC1. The molecule has 0 radical (unpaired) electrons. The van der Waals surface area contributed by atoms with Crippen LogP contribution in [-0.4, -0.2) is 49.8 Å². The van der Waals surface area contributed by atoms with Crippen LogP contribution in [0.15, 0.2) is 0 Å². The Morgan fingerprint density at radius 1 is 1.06 bits per heavy atom. The van der Waals surface area contributed by atoms with Crippen molar-refractivity contribution >= 4 is 0 Å². The van der Waals surface area contributed by atoms with Gasteiger partial charge in [0.25, 0.3) is 0 Å². The van der Waals surface area contributed by atoms with E-state index in [2.05, 4.69) is 10.2 Å². The Hall–Kier alpha value is -0.120. The van der Waals surface area contributed by atoms with E-state index >= 15 is 0 Å². The molecule has 2 unspecified atom stereocenters. The number of hydrogen-bond acceptors (Lipinski definition) is 3. The molecule has 0 aromatic heterocycles. The molecule has 17 heavy (non-hydrogen) atoms. The highest BCUT2D eigenvalue weighted by molar-refractivity contribution is 4.95. The number of piperidine rings is 1. The van der Waals surface area contributed by atoms with Gasteiger partial charge in [-0.05, 0) is 51.0 Å². The van der Waals surface area contributed by atoms with E-state index in [4.69, 9.17) is 4.74 Å². The molecule has 0 amide bonds. The van der Waals surface area contributed by atoms with Crippen LogP contribution in [0.25, 0.3) is 0 Å². The van der Waals surface area contributed by atoms with E-state index in [-0.39, 0.29) is 0 Å². The molecule has 3 fully saturated rings. The van der Waals surface area contributed by atoms with Crippen molar-refractivity contribution in [2.75, 3.05) is 26.7 Å². The number of nitrogens with one attached hydrogen (secondary N) is 1. The first-order valence-electron chi connectivity index (χ1n) is 7.37. The van der Waals surface area contributed by atoms with E-state index in [0.29, 0.717) is 6.10 Å². The van der Waals surface area contributed by atoms with Gasteiger partial charge in [-0.2, -0.15) is 0 Å². The number of methoxy groups -OCH3 is 1. The Morgan fingerprint density at radius 3 is 2.59 bits per heavy atom. The minimum atomic E-state index is 0.536. The Kier molecular flexibility index (Phi) is 3.69. The fourth-order valence-corrected chi connectivity index (χ4v) is 4.02. The summed E-state index contributed by atoms with van der Waals surface area (Å²) in [6.07, 6.45) is 8.58. The quantitative estimate of drug-likeness (QED) is 0.791. The summed E-state index contributed by atoms with van der Waals surface area (Å²) in [5.41, 5.74) is 0. The molecule has 2 atom stereocenters. The highest BCUT2D eigenvalue weighted by Crippen LogP contribution is 2.31. The van der Waals surface area contributed by atoms with Gasteiger partial charge in [0.2, 0.25) is 0 Å². The van der Waals surface area contributed by atoms with Gasteiger partial charge >= 0.3 is 0 Å². The summed E-state index contributed by atoms with van der Waals surface area (Å²) in [6.45, 7) is 3.89. The second-order valence-electron chi connectivity index (χ2n) is 6.08. The molecule has 1 aliphatic carbocycles. The van der Waals surface area contributed by atoms with Gasteiger partial charge in [0.15, 0.2) is 0 Å². The summed E-state index contributed by atoms with van der Waals surface area (Å²) in [4.78, 5) is 2.76. The zero-order chi connectivity index (χ0) is 11.7. The highest BCUT2D eigenvalue weighted by Gasteiger charge is 2.38. The van der Waals surface area contributed by atoms with Gasteiger partial charge < -0.3 is 10.1 Å². The van der Waals surface area contributed by atoms with Crippen LogP contribution in [-0.2, 0) is 4.74 Å². The Labute approximate surface area is 105 Å². The van der Waals surface area contributed by atoms with Gasteiger partial charge in [-0.3, -0.25) is 4.90 Å². The van der Waals surface area contributed by atoms with Crippen molar-refractivity contribution in [1.82, 2.24) is 10.2 Å². The molecule has 3 nitrogen and oxygen atoms in total. The zero-order valence-electron chi connectivity index (χ0n) is 11.0. The molecular weight excluding hydrogens is 212 g/mol. The van der Waals surface area contributed by atoms with E-state index in [9.17, 15) is 0 Å². The summed E-state index contributed by atoms with van der Waals surface area (Å²) in [5.74, 6) is 0.934.